The molecule has 6 rings (SSSR count). The molecule has 49 heavy (non-hydrogen) atoms. The first kappa shape index (κ1) is 33.8. The molecule has 0 atom stereocenters. The van der Waals surface area contributed by atoms with E-state index in [1.165, 1.54) is 24.3 Å². The molecule has 0 aromatic heterocycles. The molecule has 0 unspecified atom stereocenters. The summed E-state index contributed by atoms with van der Waals surface area (Å²) in [5.41, 5.74) is 2.37. The van der Waals surface area contributed by atoms with Crippen LogP contribution in [0.4, 0.5) is 17.1 Å². The fourth-order valence-electron chi connectivity index (χ4n) is 5.44. The monoisotopic (exact) mass is 716 g/mol. The minimum atomic E-state index is -4.92. The van der Waals surface area contributed by atoms with E-state index in [1.807, 2.05) is 31.2 Å². The third kappa shape index (κ3) is 7.06. The molecular formula is C36H26Cl2N2O8S-2. The molecule has 2 aliphatic rings. The number of nitrogens with zero attached hydrogens (tertiary/aromatic N) is 1. The Hall–Kier alpha value is -5.07. The predicted octanol–water partition coefficient (Wildman–Crippen LogP) is 7.55. The first-order chi connectivity index (χ1) is 23.5. The summed E-state index contributed by atoms with van der Waals surface area (Å²) in [6.07, 6.45) is 0. The topological polar surface area (TPSA) is 153 Å². The van der Waals surface area contributed by atoms with E-state index in [4.69, 9.17) is 37.1 Å². The summed E-state index contributed by atoms with van der Waals surface area (Å²) in [6, 6.07) is 24.4. The van der Waals surface area contributed by atoms with Crippen molar-refractivity contribution in [1.82, 2.24) is 0 Å². The van der Waals surface area contributed by atoms with Crippen molar-refractivity contribution < 1.29 is 36.8 Å². The van der Waals surface area contributed by atoms with Gasteiger partial charge in [-0.05, 0) is 92.7 Å². The highest BCUT2D eigenvalue weighted by Gasteiger charge is 2.24. The van der Waals surface area contributed by atoms with Crippen molar-refractivity contribution in [2.24, 2.45) is 4.99 Å². The largest absolute Gasteiger partial charge is 0.744 e. The van der Waals surface area contributed by atoms with Gasteiger partial charge in [0.25, 0.3) is 0 Å². The van der Waals surface area contributed by atoms with E-state index in [0.29, 0.717) is 34.4 Å². The molecule has 1 aliphatic heterocycles. The summed E-state index contributed by atoms with van der Waals surface area (Å²) in [5.74, 6) is -0.338. The fraction of sp³-hybridized carbons (Fsp3) is 0.111. The molecule has 13 heteroatoms. The van der Waals surface area contributed by atoms with Crippen LogP contribution in [0.2, 0.25) is 10.0 Å². The van der Waals surface area contributed by atoms with Crippen LogP contribution in [0.15, 0.2) is 105 Å². The van der Waals surface area contributed by atoms with Gasteiger partial charge in [0.05, 0.1) is 40.1 Å². The van der Waals surface area contributed by atoms with Crippen molar-refractivity contribution in [3.8, 4) is 33.9 Å². The zero-order valence-corrected chi connectivity index (χ0v) is 28.3. The number of carbonyl (C=O) groups is 1. The van der Waals surface area contributed by atoms with Gasteiger partial charge in [0.1, 0.15) is 33.0 Å². The number of rotatable bonds is 10. The van der Waals surface area contributed by atoms with Gasteiger partial charge in [-0.25, -0.2) is 13.4 Å². The lowest BCUT2D eigenvalue weighted by molar-refractivity contribution is -0.254. The standard InChI is InChI=1S/C36H28Cl2N2O8S/c1-3-46-23-9-5-20(6-10-23)39-21-7-12-25-30(17-21)48-31-18-22(40-29-16-11-24(47-4-2)19-32(29)49(43,44)45)8-13-26(31)33(25)34-27(37)14-15-28(38)35(34)36(41)42/h5-19,39H,3-4H2,1-2H3,(H,41,42)(H,43,44,45)/p-2. The van der Waals surface area contributed by atoms with E-state index in [1.54, 1.807) is 43.3 Å². The van der Waals surface area contributed by atoms with E-state index in [2.05, 4.69) is 10.3 Å². The van der Waals surface area contributed by atoms with E-state index >= 15 is 0 Å². The number of benzene rings is 5. The number of fused-ring (bicyclic) bond motifs is 2. The molecule has 0 fully saturated rings. The summed E-state index contributed by atoms with van der Waals surface area (Å²) in [5, 5.41) is 16.5. The molecule has 1 aliphatic carbocycles. The van der Waals surface area contributed by atoms with Crippen LogP contribution >= 0.6 is 23.2 Å². The van der Waals surface area contributed by atoms with Crippen LogP contribution in [-0.4, -0.2) is 32.2 Å². The van der Waals surface area contributed by atoms with Crippen molar-refractivity contribution in [1.29, 1.82) is 0 Å². The number of carboxylic acid groups (broad SMARTS) is 1. The Balaban J connectivity index is 1.58. The molecule has 0 spiro atoms. The summed E-state index contributed by atoms with van der Waals surface area (Å²) < 4.78 is 53.7. The van der Waals surface area contributed by atoms with Crippen molar-refractivity contribution in [3.63, 3.8) is 0 Å². The molecule has 0 amide bonds. The molecule has 10 nitrogen and oxygen atoms in total. The number of carbonyl (C=O) groups excluding carboxylic acids is 1. The number of nitrogens with one attached hydrogen (secondary N) is 1. The minimum absolute atomic E-state index is 0.0660. The molecule has 1 heterocycles. The summed E-state index contributed by atoms with van der Waals surface area (Å²) in [7, 11) is -4.92. The molecule has 0 bridgehead atoms. The van der Waals surface area contributed by atoms with Crippen LogP contribution in [0.1, 0.15) is 24.2 Å². The Morgan fingerprint density at radius 3 is 2.18 bits per heavy atom. The molecule has 1 N–H and O–H groups in total. The second-order valence-corrected chi connectivity index (χ2v) is 12.8. The first-order valence-corrected chi connectivity index (χ1v) is 17.1. The lowest BCUT2D eigenvalue weighted by Gasteiger charge is -2.21. The number of halogens is 2. The van der Waals surface area contributed by atoms with Gasteiger partial charge in [-0.15, -0.1) is 0 Å². The van der Waals surface area contributed by atoms with Gasteiger partial charge in [-0.3, -0.25) is 0 Å². The highest BCUT2D eigenvalue weighted by Crippen LogP contribution is 2.46. The second-order valence-electron chi connectivity index (χ2n) is 10.6. The van der Waals surface area contributed by atoms with Crippen LogP contribution < -0.4 is 25.3 Å². The lowest BCUT2D eigenvalue weighted by Crippen LogP contribution is -2.23. The van der Waals surface area contributed by atoms with Gasteiger partial charge in [-0.2, -0.15) is 0 Å². The molecule has 4 aromatic carbocycles. The smallest absolute Gasteiger partial charge is 0.137 e. The maximum Gasteiger partial charge on any atom is 0.137 e. The Labute approximate surface area is 291 Å². The third-order valence-electron chi connectivity index (χ3n) is 7.48. The van der Waals surface area contributed by atoms with Crippen LogP contribution in [0.3, 0.4) is 0 Å². The zero-order chi connectivity index (χ0) is 34.9. The van der Waals surface area contributed by atoms with Crippen molar-refractivity contribution >= 4 is 67.3 Å². The van der Waals surface area contributed by atoms with Crippen molar-refractivity contribution in [2.45, 2.75) is 18.7 Å². The van der Waals surface area contributed by atoms with Crippen LogP contribution in [0, 0.1) is 0 Å². The number of ether oxygens (including phenoxy) is 2. The Morgan fingerprint density at radius 2 is 1.49 bits per heavy atom. The van der Waals surface area contributed by atoms with Crippen LogP contribution in [-0.2, 0) is 10.1 Å². The molecule has 250 valence electrons. The minimum Gasteiger partial charge on any atom is -0.744 e. The van der Waals surface area contributed by atoms with Crippen molar-refractivity contribution in [3.05, 3.63) is 112 Å². The van der Waals surface area contributed by atoms with E-state index in [-0.39, 0.29) is 50.3 Å². The SMILES string of the molecule is CCOc1ccc(Nc2ccc3c(-c4c(Cl)ccc(Cl)c4C(=O)[O-])c4ccc(=Nc5ccc(OCC)cc5S(=O)(=O)[O-])cc-4oc3c2)cc1. The van der Waals surface area contributed by atoms with Gasteiger partial charge < -0.3 is 33.7 Å². The summed E-state index contributed by atoms with van der Waals surface area (Å²) in [6.45, 7) is 4.44. The van der Waals surface area contributed by atoms with Gasteiger partial charge in [0, 0.05) is 56.2 Å². The van der Waals surface area contributed by atoms with Gasteiger partial charge in [0.2, 0.25) is 0 Å². The van der Waals surface area contributed by atoms with Crippen LogP contribution in [0.5, 0.6) is 11.5 Å². The number of hydrogen-bond acceptors (Lipinski definition) is 10. The number of carboxylic acids is 1. The Bertz CT molecular complexity index is 2370. The predicted molar refractivity (Wildman–Crippen MR) is 184 cm³/mol. The van der Waals surface area contributed by atoms with Gasteiger partial charge >= 0.3 is 0 Å². The number of aromatic carboxylic acids is 1. The normalized spacial score (nSPS) is 12.0. The zero-order valence-electron chi connectivity index (χ0n) is 26.0. The highest BCUT2D eigenvalue weighted by atomic mass is 35.5. The summed E-state index contributed by atoms with van der Waals surface area (Å²) in [4.78, 5) is 16.3. The fourth-order valence-corrected chi connectivity index (χ4v) is 6.56. The number of hydrogen-bond donors (Lipinski definition) is 1. The molecular weight excluding hydrogens is 691 g/mol. The average molecular weight is 718 g/mol. The number of anilines is 2. The van der Waals surface area contributed by atoms with E-state index < -0.39 is 21.0 Å². The maximum absolute atomic E-state index is 12.4. The molecule has 0 radical (unpaired) electrons. The Kier molecular flexibility index (Phi) is 9.53. The lowest BCUT2D eigenvalue weighted by atomic mass is 9.90. The average Bonchev–Trinajstić information content (AvgIpc) is 3.06. The highest BCUT2D eigenvalue weighted by molar-refractivity contribution is 7.86. The van der Waals surface area contributed by atoms with Gasteiger partial charge in [0.15, 0.2) is 0 Å². The van der Waals surface area contributed by atoms with E-state index in [0.717, 1.165) is 17.5 Å². The quantitative estimate of drug-likeness (QED) is 0.112. The maximum atomic E-state index is 12.4. The second kappa shape index (κ2) is 13.8. The molecule has 4 aromatic rings. The Morgan fingerprint density at radius 1 is 0.816 bits per heavy atom. The van der Waals surface area contributed by atoms with Crippen molar-refractivity contribution in [2.75, 3.05) is 18.5 Å². The van der Waals surface area contributed by atoms with E-state index in [9.17, 15) is 22.9 Å². The van der Waals surface area contributed by atoms with Crippen LogP contribution in [0.25, 0.3) is 33.4 Å². The first-order valence-electron chi connectivity index (χ1n) is 14.9. The summed E-state index contributed by atoms with van der Waals surface area (Å²) >= 11 is 13.0. The molecule has 0 saturated heterocycles. The van der Waals surface area contributed by atoms with Gasteiger partial charge in [-0.1, -0.05) is 23.2 Å². The molecule has 0 saturated carbocycles. The third-order valence-corrected chi connectivity index (χ3v) is 8.97.